The molecule has 0 saturated carbocycles. The van der Waals surface area contributed by atoms with Crippen LogP contribution in [0.2, 0.25) is 0 Å². The van der Waals surface area contributed by atoms with Gasteiger partial charge in [-0.1, -0.05) is 24.3 Å². The average molecular weight is 310 g/mol. The van der Waals surface area contributed by atoms with Crippen LogP contribution in [0.25, 0.3) is 11.3 Å². The summed E-state index contributed by atoms with van der Waals surface area (Å²) in [6.45, 7) is 1.82. The van der Waals surface area contributed by atoms with E-state index in [4.69, 9.17) is 10.5 Å². The molecular formula is C16H14N4OS. The van der Waals surface area contributed by atoms with Gasteiger partial charge in [0.1, 0.15) is 13.1 Å². The zero-order chi connectivity index (χ0) is 15.9. The molecule has 0 aliphatic rings. The Morgan fingerprint density at radius 2 is 1.86 bits per heavy atom. The Morgan fingerprint density at radius 1 is 1.23 bits per heavy atom. The van der Waals surface area contributed by atoms with E-state index in [0.29, 0.717) is 0 Å². The minimum Gasteiger partial charge on any atom is -0.316 e. The molecule has 0 radical (unpaired) electrons. The highest BCUT2D eigenvalue weighted by Gasteiger charge is 2.13. The van der Waals surface area contributed by atoms with Crippen LogP contribution in [0.1, 0.15) is 10.6 Å². The van der Waals surface area contributed by atoms with Gasteiger partial charge in [-0.15, -0.1) is 11.3 Å². The molecule has 1 aromatic heterocycles. The topological polar surface area (TPSA) is 80.8 Å². The summed E-state index contributed by atoms with van der Waals surface area (Å²) in [5.41, 5.74) is 2.78. The van der Waals surface area contributed by atoms with Crippen molar-refractivity contribution in [3.8, 4) is 23.4 Å². The molecule has 1 aromatic carbocycles. The molecular weight excluding hydrogens is 296 g/mol. The Balaban J connectivity index is 2.06. The van der Waals surface area contributed by atoms with Gasteiger partial charge < -0.3 is 4.90 Å². The summed E-state index contributed by atoms with van der Waals surface area (Å²) < 4.78 is 0. The lowest BCUT2D eigenvalue weighted by Gasteiger charge is -2.15. The van der Waals surface area contributed by atoms with Gasteiger partial charge in [-0.2, -0.15) is 10.5 Å². The number of carbonyl (C=O) groups is 1. The van der Waals surface area contributed by atoms with E-state index in [2.05, 4.69) is 4.98 Å². The monoisotopic (exact) mass is 310 g/mol. The molecule has 2 aromatic rings. The molecule has 22 heavy (non-hydrogen) atoms. The third kappa shape index (κ3) is 3.91. The number of carbonyl (C=O) groups excluding carboxylic acids is 1. The van der Waals surface area contributed by atoms with Gasteiger partial charge in [0.2, 0.25) is 5.91 Å². The van der Waals surface area contributed by atoms with Gasteiger partial charge in [0.05, 0.1) is 29.3 Å². The lowest BCUT2D eigenvalue weighted by atomic mass is 10.1. The fraction of sp³-hybridized carbons (Fsp3) is 0.250. The third-order valence-electron chi connectivity index (χ3n) is 3.10. The number of hydrogen-bond acceptors (Lipinski definition) is 5. The van der Waals surface area contributed by atoms with Gasteiger partial charge in [0.25, 0.3) is 0 Å². The van der Waals surface area contributed by atoms with Gasteiger partial charge in [-0.3, -0.25) is 4.79 Å². The molecule has 2 rings (SSSR count). The van der Waals surface area contributed by atoms with E-state index in [9.17, 15) is 4.79 Å². The minimum absolute atomic E-state index is 0.0669. The van der Waals surface area contributed by atoms with Crippen LogP contribution in [0.3, 0.4) is 0 Å². The standard InChI is InChI=1S/C16H14N4OS/c1-12-19-15(11-22-12)14-4-2-13(3-5-14)10-16(21)20(8-6-17)9-7-18/h2-5,11H,8-10H2,1H3. The van der Waals surface area contributed by atoms with Crippen molar-refractivity contribution in [3.63, 3.8) is 0 Å². The summed E-state index contributed by atoms with van der Waals surface area (Å²) in [7, 11) is 0. The highest BCUT2D eigenvalue weighted by molar-refractivity contribution is 7.09. The first-order chi connectivity index (χ1) is 10.6. The van der Waals surface area contributed by atoms with Crippen LogP contribution in [0.4, 0.5) is 0 Å². The number of nitrogens with zero attached hydrogens (tertiary/aromatic N) is 4. The zero-order valence-corrected chi connectivity index (χ0v) is 12.9. The van der Waals surface area contributed by atoms with E-state index in [1.807, 2.05) is 48.7 Å². The number of amides is 1. The largest absolute Gasteiger partial charge is 0.316 e. The van der Waals surface area contributed by atoms with Gasteiger partial charge in [0.15, 0.2) is 0 Å². The van der Waals surface area contributed by atoms with Crippen molar-refractivity contribution in [3.05, 3.63) is 40.2 Å². The number of aromatic nitrogens is 1. The van der Waals surface area contributed by atoms with Crippen molar-refractivity contribution in [2.45, 2.75) is 13.3 Å². The molecule has 1 heterocycles. The fourth-order valence-electron chi connectivity index (χ4n) is 1.98. The van der Waals surface area contributed by atoms with Crippen LogP contribution < -0.4 is 0 Å². The van der Waals surface area contributed by atoms with Crippen molar-refractivity contribution in [2.75, 3.05) is 13.1 Å². The zero-order valence-electron chi connectivity index (χ0n) is 12.1. The lowest BCUT2D eigenvalue weighted by Crippen LogP contribution is -2.33. The SMILES string of the molecule is Cc1nc(-c2ccc(CC(=O)N(CC#N)CC#N)cc2)cs1. The number of hydrogen-bond donors (Lipinski definition) is 0. The van der Waals surface area contributed by atoms with Gasteiger partial charge in [-0.05, 0) is 12.5 Å². The van der Waals surface area contributed by atoms with Gasteiger partial charge >= 0.3 is 0 Å². The van der Waals surface area contributed by atoms with Gasteiger partial charge in [0, 0.05) is 10.9 Å². The Kier molecular flexibility index (Phi) is 5.24. The molecule has 0 spiro atoms. The predicted octanol–water partition coefficient (Wildman–Crippen LogP) is 2.54. The molecule has 0 bridgehead atoms. The first kappa shape index (κ1) is 15.7. The van der Waals surface area contributed by atoms with Crippen LogP contribution in [0.15, 0.2) is 29.6 Å². The maximum absolute atomic E-state index is 12.1. The average Bonchev–Trinajstić information content (AvgIpc) is 2.94. The number of nitriles is 2. The molecule has 6 heteroatoms. The normalized spacial score (nSPS) is 9.77. The predicted molar refractivity (Wildman–Crippen MR) is 83.8 cm³/mol. The molecule has 1 amide bonds. The van der Waals surface area contributed by atoms with Crippen LogP contribution in [-0.2, 0) is 11.2 Å². The maximum Gasteiger partial charge on any atom is 0.228 e. The highest BCUT2D eigenvalue weighted by atomic mass is 32.1. The van der Waals surface area contributed by atoms with Gasteiger partial charge in [-0.25, -0.2) is 4.98 Å². The third-order valence-corrected chi connectivity index (χ3v) is 3.87. The molecule has 0 atom stereocenters. The summed E-state index contributed by atoms with van der Waals surface area (Å²) in [5.74, 6) is -0.222. The summed E-state index contributed by atoms with van der Waals surface area (Å²) in [4.78, 5) is 17.7. The lowest BCUT2D eigenvalue weighted by molar-refractivity contribution is -0.129. The van der Waals surface area contributed by atoms with Crippen LogP contribution in [0, 0.1) is 29.6 Å². The second kappa shape index (κ2) is 7.35. The smallest absolute Gasteiger partial charge is 0.228 e. The van der Waals surface area contributed by atoms with E-state index < -0.39 is 0 Å². The quantitative estimate of drug-likeness (QED) is 0.795. The first-order valence-corrected chi connectivity index (χ1v) is 7.55. The van der Waals surface area contributed by atoms with Crippen molar-refractivity contribution >= 4 is 17.2 Å². The van der Waals surface area contributed by atoms with Crippen molar-refractivity contribution in [1.82, 2.24) is 9.88 Å². The molecule has 110 valence electrons. The van der Waals surface area contributed by atoms with E-state index in [0.717, 1.165) is 21.8 Å². The Hall–Kier alpha value is -2.70. The van der Waals surface area contributed by atoms with Crippen molar-refractivity contribution < 1.29 is 4.79 Å². The number of aryl methyl sites for hydroxylation is 1. The summed E-state index contributed by atoms with van der Waals surface area (Å²) in [5, 5.41) is 20.4. The molecule has 0 N–H and O–H groups in total. The van der Waals surface area contributed by atoms with Crippen molar-refractivity contribution in [2.24, 2.45) is 0 Å². The number of rotatable bonds is 5. The van der Waals surface area contributed by atoms with E-state index in [1.165, 1.54) is 4.90 Å². The second-order valence-corrected chi connectivity index (χ2v) is 5.75. The van der Waals surface area contributed by atoms with E-state index >= 15 is 0 Å². The number of benzene rings is 1. The fourth-order valence-corrected chi connectivity index (χ4v) is 2.60. The van der Waals surface area contributed by atoms with Crippen LogP contribution >= 0.6 is 11.3 Å². The summed E-state index contributed by atoms with van der Waals surface area (Å²) in [6, 6.07) is 11.4. The van der Waals surface area contributed by atoms with Crippen LogP contribution in [-0.4, -0.2) is 28.9 Å². The Morgan fingerprint density at radius 3 is 2.36 bits per heavy atom. The second-order valence-electron chi connectivity index (χ2n) is 4.69. The van der Waals surface area contributed by atoms with E-state index in [1.54, 1.807) is 11.3 Å². The molecule has 0 saturated heterocycles. The summed E-state index contributed by atoms with van der Waals surface area (Å²) >= 11 is 1.60. The van der Waals surface area contributed by atoms with Crippen molar-refractivity contribution in [1.29, 1.82) is 10.5 Å². The molecule has 0 aliphatic carbocycles. The molecule has 5 nitrogen and oxygen atoms in total. The molecule has 0 aliphatic heterocycles. The molecule has 0 unspecified atom stereocenters. The molecule has 0 fully saturated rings. The van der Waals surface area contributed by atoms with Crippen LogP contribution in [0.5, 0.6) is 0 Å². The number of thiazole rings is 1. The minimum atomic E-state index is -0.222. The van der Waals surface area contributed by atoms with E-state index in [-0.39, 0.29) is 25.4 Å². The Bertz CT molecular complexity index is 721. The maximum atomic E-state index is 12.1. The highest BCUT2D eigenvalue weighted by Crippen LogP contribution is 2.22. The first-order valence-electron chi connectivity index (χ1n) is 6.67. The summed E-state index contributed by atoms with van der Waals surface area (Å²) in [6.07, 6.45) is 0.180. The Labute approximate surface area is 133 Å².